The molecule has 1 amide bonds. The highest BCUT2D eigenvalue weighted by Gasteiger charge is 2.07. The van der Waals surface area contributed by atoms with Gasteiger partial charge >= 0.3 is 0 Å². The van der Waals surface area contributed by atoms with Gasteiger partial charge in [-0.3, -0.25) is 4.79 Å². The highest BCUT2D eigenvalue weighted by molar-refractivity contribution is 8.00. The standard InChI is InChI=1S/C19H21ClN2O3S/c1-13(2)25-17-9-4-14(10-18(17)24-3)11-21-22-19(23)12-26-16-7-5-15(20)6-8-16/h4-11,13H,12H2,1-3H3,(H,22,23)/b21-11+. The van der Waals surface area contributed by atoms with Crippen LogP contribution < -0.4 is 14.9 Å². The first-order valence-electron chi connectivity index (χ1n) is 8.03. The van der Waals surface area contributed by atoms with E-state index in [4.69, 9.17) is 21.1 Å². The van der Waals surface area contributed by atoms with Crippen LogP contribution in [0, 0.1) is 0 Å². The molecule has 1 N–H and O–H groups in total. The Hall–Kier alpha value is -2.18. The first-order chi connectivity index (χ1) is 12.5. The summed E-state index contributed by atoms with van der Waals surface area (Å²) in [6, 6.07) is 12.8. The average Bonchev–Trinajstić information content (AvgIpc) is 2.62. The number of halogens is 1. The Bertz CT molecular complexity index is 764. The molecule has 0 aromatic heterocycles. The number of hydrazone groups is 1. The first kappa shape index (κ1) is 20.1. The molecule has 2 rings (SSSR count). The highest BCUT2D eigenvalue weighted by Crippen LogP contribution is 2.28. The predicted molar refractivity (Wildman–Crippen MR) is 107 cm³/mol. The Labute approximate surface area is 162 Å². The summed E-state index contributed by atoms with van der Waals surface area (Å²) in [5.74, 6) is 1.37. The number of rotatable bonds is 8. The maximum Gasteiger partial charge on any atom is 0.250 e. The number of carbonyl (C=O) groups excluding carboxylic acids is 1. The lowest BCUT2D eigenvalue weighted by Crippen LogP contribution is -2.19. The third-order valence-corrected chi connectivity index (χ3v) is 4.40. The summed E-state index contributed by atoms with van der Waals surface area (Å²) in [7, 11) is 1.58. The van der Waals surface area contributed by atoms with E-state index in [1.165, 1.54) is 11.8 Å². The van der Waals surface area contributed by atoms with E-state index in [1.807, 2.05) is 38.1 Å². The molecule has 0 aliphatic carbocycles. The summed E-state index contributed by atoms with van der Waals surface area (Å²) in [5, 5.41) is 4.65. The number of methoxy groups -OCH3 is 1. The van der Waals surface area contributed by atoms with Crippen molar-refractivity contribution >= 4 is 35.5 Å². The third kappa shape index (κ3) is 6.61. The Morgan fingerprint density at radius 3 is 2.62 bits per heavy atom. The predicted octanol–water partition coefficient (Wildman–Crippen LogP) is 4.38. The highest BCUT2D eigenvalue weighted by atomic mass is 35.5. The van der Waals surface area contributed by atoms with Gasteiger partial charge in [-0.25, -0.2) is 5.43 Å². The molecule has 0 aliphatic rings. The summed E-state index contributed by atoms with van der Waals surface area (Å²) in [4.78, 5) is 12.8. The van der Waals surface area contributed by atoms with Crippen LogP contribution in [0.4, 0.5) is 0 Å². The van der Waals surface area contributed by atoms with Gasteiger partial charge in [0.25, 0.3) is 0 Å². The van der Waals surface area contributed by atoms with Gasteiger partial charge in [-0.2, -0.15) is 5.10 Å². The molecule has 0 aliphatic heterocycles. The van der Waals surface area contributed by atoms with E-state index >= 15 is 0 Å². The van der Waals surface area contributed by atoms with E-state index in [0.717, 1.165) is 10.5 Å². The van der Waals surface area contributed by atoms with Crippen LogP contribution in [-0.2, 0) is 4.79 Å². The number of benzene rings is 2. The Balaban J connectivity index is 1.86. The first-order valence-corrected chi connectivity index (χ1v) is 9.39. The SMILES string of the molecule is COc1cc(/C=N/NC(=O)CSc2ccc(Cl)cc2)ccc1OC(C)C. The van der Waals surface area contributed by atoms with Crippen LogP contribution in [0.15, 0.2) is 52.5 Å². The number of carbonyl (C=O) groups is 1. The molecule has 0 spiro atoms. The Morgan fingerprint density at radius 1 is 1.23 bits per heavy atom. The van der Waals surface area contributed by atoms with Gasteiger partial charge in [-0.15, -0.1) is 11.8 Å². The summed E-state index contributed by atoms with van der Waals surface area (Å²) >= 11 is 7.25. The van der Waals surface area contributed by atoms with Crippen molar-refractivity contribution in [1.82, 2.24) is 5.43 Å². The van der Waals surface area contributed by atoms with Crippen molar-refractivity contribution in [2.24, 2.45) is 5.10 Å². The number of nitrogens with zero attached hydrogens (tertiary/aromatic N) is 1. The molecule has 0 heterocycles. The molecule has 0 saturated carbocycles. The van der Waals surface area contributed by atoms with Crippen LogP contribution in [0.3, 0.4) is 0 Å². The second-order valence-corrected chi connectivity index (χ2v) is 7.10. The van der Waals surface area contributed by atoms with Crippen molar-refractivity contribution in [2.45, 2.75) is 24.8 Å². The van der Waals surface area contributed by atoms with Gasteiger partial charge in [0.05, 0.1) is 25.2 Å². The van der Waals surface area contributed by atoms with Gasteiger partial charge in [0.2, 0.25) is 5.91 Å². The van der Waals surface area contributed by atoms with Gasteiger partial charge < -0.3 is 9.47 Å². The molecule has 5 nitrogen and oxygen atoms in total. The van der Waals surface area contributed by atoms with Gasteiger partial charge in [-0.1, -0.05) is 11.6 Å². The summed E-state index contributed by atoms with van der Waals surface area (Å²) in [6.07, 6.45) is 1.62. The number of thioether (sulfide) groups is 1. The molecule has 0 bridgehead atoms. The average molecular weight is 393 g/mol. The second-order valence-electron chi connectivity index (χ2n) is 5.61. The monoisotopic (exact) mass is 392 g/mol. The second kappa shape index (κ2) is 10.1. The summed E-state index contributed by atoms with van der Waals surface area (Å²) in [5.41, 5.74) is 3.30. The molecule has 138 valence electrons. The lowest BCUT2D eigenvalue weighted by molar-refractivity contribution is -0.118. The van der Waals surface area contributed by atoms with Crippen LogP contribution in [0.25, 0.3) is 0 Å². The molecule has 7 heteroatoms. The fourth-order valence-corrected chi connectivity index (χ4v) is 2.82. The Morgan fingerprint density at radius 2 is 1.96 bits per heavy atom. The molecule has 0 atom stereocenters. The van der Waals surface area contributed by atoms with E-state index in [2.05, 4.69) is 10.5 Å². The lowest BCUT2D eigenvalue weighted by atomic mass is 10.2. The lowest BCUT2D eigenvalue weighted by Gasteiger charge is -2.13. The van der Waals surface area contributed by atoms with Gasteiger partial charge in [-0.05, 0) is 61.9 Å². The van der Waals surface area contributed by atoms with Gasteiger partial charge in [0.1, 0.15) is 0 Å². The minimum atomic E-state index is -0.187. The minimum absolute atomic E-state index is 0.0563. The molecule has 2 aromatic carbocycles. The number of nitrogens with one attached hydrogen (secondary N) is 1. The third-order valence-electron chi connectivity index (χ3n) is 3.14. The molecule has 0 unspecified atom stereocenters. The molecule has 0 radical (unpaired) electrons. The number of amides is 1. The van der Waals surface area contributed by atoms with Gasteiger partial charge in [0.15, 0.2) is 11.5 Å². The van der Waals surface area contributed by atoms with Crippen molar-refractivity contribution in [1.29, 1.82) is 0 Å². The minimum Gasteiger partial charge on any atom is -0.493 e. The molecular formula is C19H21ClN2O3S. The van der Waals surface area contributed by atoms with Crippen molar-refractivity contribution in [3.8, 4) is 11.5 Å². The van der Waals surface area contributed by atoms with Crippen LogP contribution in [0.5, 0.6) is 11.5 Å². The molecule has 26 heavy (non-hydrogen) atoms. The maximum absolute atomic E-state index is 11.9. The quantitative estimate of drug-likeness (QED) is 0.411. The van der Waals surface area contributed by atoms with E-state index in [1.54, 1.807) is 31.5 Å². The summed E-state index contributed by atoms with van der Waals surface area (Å²) < 4.78 is 11.0. The molecule has 0 fully saturated rings. The fraction of sp³-hybridized carbons (Fsp3) is 0.263. The summed E-state index contributed by atoms with van der Waals surface area (Å²) in [6.45, 7) is 3.90. The normalized spacial score (nSPS) is 11.0. The van der Waals surface area contributed by atoms with Crippen LogP contribution in [0.2, 0.25) is 5.02 Å². The number of hydrogen-bond acceptors (Lipinski definition) is 5. The van der Waals surface area contributed by atoms with Crippen molar-refractivity contribution in [2.75, 3.05) is 12.9 Å². The number of hydrogen-bond donors (Lipinski definition) is 1. The van der Waals surface area contributed by atoms with Crippen molar-refractivity contribution in [3.05, 3.63) is 53.1 Å². The van der Waals surface area contributed by atoms with Crippen LogP contribution >= 0.6 is 23.4 Å². The molecule has 0 saturated heterocycles. The molecular weight excluding hydrogens is 372 g/mol. The zero-order chi connectivity index (χ0) is 18.9. The van der Waals surface area contributed by atoms with Crippen molar-refractivity contribution < 1.29 is 14.3 Å². The topological polar surface area (TPSA) is 59.9 Å². The van der Waals surface area contributed by atoms with Crippen LogP contribution in [0.1, 0.15) is 19.4 Å². The fourth-order valence-electron chi connectivity index (χ4n) is 2.01. The number of ether oxygens (including phenoxy) is 2. The largest absolute Gasteiger partial charge is 0.493 e. The van der Waals surface area contributed by atoms with E-state index in [0.29, 0.717) is 16.5 Å². The zero-order valence-electron chi connectivity index (χ0n) is 14.9. The smallest absolute Gasteiger partial charge is 0.250 e. The zero-order valence-corrected chi connectivity index (χ0v) is 16.4. The van der Waals surface area contributed by atoms with Crippen LogP contribution in [-0.4, -0.2) is 31.1 Å². The maximum atomic E-state index is 11.9. The Kier molecular flexibility index (Phi) is 7.81. The van der Waals surface area contributed by atoms with E-state index < -0.39 is 0 Å². The van der Waals surface area contributed by atoms with E-state index in [9.17, 15) is 4.79 Å². The van der Waals surface area contributed by atoms with E-state index in [-0.39, 0.29) is 17.8 Å². The van der Waals surface area contributed by atoms with Crippen molar-refractivity contribution in [3.63, 3.8) is 0 Å². The molecule has 2 aromatic rings. The van der Waals surface area contributed by atoms with Gasteiger partial charge in [0, 0.05) is 9.92 Å².